The molecule has 1 aliphatic heterocycles. The molecular formula is C20H25N3O3S. The van der Waals surface area contributed by atoms with Crippen LogP contribution in [0.4, 0.5) is 4.79 Å². The highest BCUT2D eigenvalue weighted by Gasteiger charge is 2.25. The lowest BCUT2D eigenvalue weighted by Crippen LogP contribution is -2.52. The van der Waals surface area contributed by atoms with Crippen LogP contribution < -0.4 is 4.72 Å². The second kappa shape index (κ2) is 8.10. The predicted octanol–water partition coefficient (Wildman–Crippen LogP) is 2.52. The Balaban J connectivity index is 1.53. The first-order valence-electron chi connectivity index (χ1n) is 9.00. The largest absolute Gasteiger partial charge is 0.331 e. The first-order valence-corrected chi connectivity index (χ1v) is 10.5. The van der Waals surface area contributed by atoms with Crippen LogP contribution >= 0.6 is 0 Å². The molecule has 0 atom stereocenters. The lowest BCUT2D eigenvalue weighted by Gasteiger charge is -2.34. The van der Waals surface area contributed by atoms with Crippen molar-refractivity contribution in [1.82, 2.24) is 14.5 Å². The fraction of sp³-hybridized carbons (Fsp3) is 0.350. The molecule has 0 unspecified atom stereocenters. The molecule has 1 heterocycles. The maximum Gasteiger partial charge on any atom is 0.331 e. The standard InChI is InChI=1S/C20H25N3O3S/c1-16-3-7-18(8-4-16)15-22-11-13-23(14-12-22)20(24)21-27(25,26)19-9-5-17(2)6-10-19/h3-10H,11-15H2,1-2H3,(H,21,24). The van der Waals surface area contributed by atoms with E-state index in [4.69, 9.17) is 0 Å². The maximum absolute atomic E-state index is 12.4. The number of hydrogen-bond donors (Lipinski definition) is 1. The van der Waals surface area contributed by atoms with E-state index in [2.05, 4.69) is 40.8 Å². The van der Waals surface area contributed by atoms with Crippen molar-refractivity contribution >= 4 is 16.1 Å². The van der Waals surface area contributed by atoms with E-state index in [0.29, 0.717) is 26.2 Å². The van der Waals surface area contributed by atoms with Gasteiger partial charge in [-0.05, 0) is 31.5 Å². The summed E-state index contributed by atoms with van der Waals surface area (Å²) < 4.78 is 26.9. The molecular weight excluding hydrogens is 362 g/mol. The maximum atomic E-state index is 12.4. The summed E-state index contributed by atoms with van der Waals surface area (Å²) in [4.78, 5) is 16.3. The van der Waals surface area contributed by atoms with E-state index in [0.717, 1.165) is 12.1 Å². The summed E-state index contributed by atoms with van der Waals surface area (Å²) in [5.74, 6) is 0. The molecule has 7 heteroatoms. The number of piperazine rings is 1. The minimum atomic E-state index is -3.85. The number of aryl methyl sites for hydroxylation is 2. The van der Waals surface area contributed by atoms with Crippen LogP contribution in [0.2, 0.25) is 0 Å². The zero-order chi connectivity index (χ0) is 19.4. The highest BCUT2D eigenvalue weighted by molar-refractivity contribution is 7.90. The quantitative estimate of drug-likeness (QED) is 0.875. The van der Waals surface area contributed by atoms with Crippen LogP contribution in [0.3, 0.4) is 0 Å². The van der Waals surface area contributed by atoms with Gasteiger partial charge in [0.15, 0.2) is 0 Å². The first kappa shape index (κ1) is 19.4. The number of urea groups is 1. The molecule has 2 aromatic rings. The topological polar surface area (TPSA) is 69.7 Å². The van der Waals surface area contributed by atoms with Gasteiger partial charge in [0.2, 0.25) is 0 Å². The van der Waals surface area contributed by atoms with E-state index in [9.17, 15) is 13.2 Å². The van der Waals surface area contributed by atoms with Crippen LogP contribution in [0.25, 0.3) is 0 Å². The van der Waals surface area contributed by atoms with Gasteiger partial charge in [-0.2, -0.15) is 0 Å². The number of hydrogen-bond acceptors (Lipinski definition) is 4. The minimum absolute atomic E-state index is 0.0967. The second-order valence-corrected chi connectivity index (χ2v) is 8.65. The monoisotopic (exact) mass is 387 g/mol. The Bertz CT molecular complexity index is 885. The van der Waals surface area contributed by atoms with Crippen LogP contribution in [-0.4, -0.2) is 50.4 Å². The summed E-state index contributed by atoms with van der Waals surface area (Å²) >= 11 is 0. The van der Waals surface area contributed by atoms with Gasteiger partial charge in [-0.1, -0.05) is 47.5 Å². The summed E-state index contributed by atoms with van der Waals surface area (Å²) in [6, 6.07) is 14.3. The summed E-state index contributed by atoms with van der Waals surface area (Å²) in [6.45, 7) is 7.20. The second-order valence-electron chi connectivity index (χ2n) is 6.97. The normalized spacial score (nSPS) is 15.6. The number of sulfonamides is 1. The van der Waals surface area contributed by atoms with Crippen LogP contribution in [0.5, 0.6) is 0 Å². The van der Waals surface area contributed by atoms with Crippen molar-refractivity contribution in [1.29, 1.82) is 0 Å². The molecule has 3 rings (SSSR count). The van der Waals surface area contributed by atoms with E-state index in [-0.39, 0.29) is 4.90 Å². The third-order valence-electron chi connectivity index (χ3n) is 4.74. The molecule has 2 amide bonds. The van der Waals surface area contributed by atoms with Gasteiger partial charge < -0.3 is 4.90 Å². The Kier molecular flexibility index (Phi) is 5.82. The van der Waals surface area contributed by atoms with Gasteiger partial charge in [0.25, 0.3) is 10.0 Å². The number of benzene rings is 2. The average Bonchev–Trinajstić information content (AvgIpc) is 2.64. The number of nitrogens with one attached hydrogen (secondary N) is 1. The lowest BCUT2D eigenvalue weighted by molar-refractivity contribution is 0.138. The molecule has 144 valence electrons. The zero-order valence-electron chi connectivity index (χ0n) is 15.7. The number of amides is 2. The van der Waals surface area contributed by atoms with Crippen LogP contribution in [-0.2, 0) is 16.6 Å². The smallest absolute Gasteiger partial charge is 0.321 e. The summed E-state index contributed by atoms with van der Waals surface area (Å²) in [6.07, 6.45) is 0. The summed E-state index contributed by atoms with van der Waals surface area (Å²) in [7, 11) is -3.85. The van der Waals surface area contributed by atoms with Gasteiger partial charge in [-0.25, -0.2) is 17.9 Å². The van der Waals surface area contributed by atoms with E-state index < -0.39 is 16.1 Å². The molecule has 1 aliphatic rings. The highest BCUT2D eigenvalue weighted by atomic mass is 32.2. The van der Waals surface area contributed by atoms with Crippen molar-refractivity contribution in [3.05, 3.63) is 65.2 Å². The number of carbonyl (C=O) groups is 1. The molecule has 0 aromatic heterocycles. The van der Waals surface area contributed by atoms with E-state index in [1.165, 1.54) is 23.3 Å². The van der Waals surface area contributed by atoms with Gasteiger partial charge in [0.05, 0.1) is 4.90 Å². The Hall–Kier alpha value is -2.38. The SMILES string of the molecule is Cc1ccc(CN2CCN(C(=O)NS(=O)(=O)c3ccc(C)cc3)CC2)cc1. The van der Waals surface area contributed by atoms with Crippen LogP contribution in [0.1, 0.15) is 16.7 Å². The Morgan fingerprint density at radius 2 is 1.41 bits per heavy atom. The highest BCUT2D eigenvalue weighted by Crippen LogP contribution is 2.12. The Labute approximate surface area is 160 Å². The van der Waals surface area contributed by atoms with Crippen molar-refractivity contribution < 1.29 is 13.2 Å². The van der Waals surface area contributed by atoms with E-state index in [1.807, 2.05) is 6.92 Å². The molecule has 1 N–H and O–H groups in total. The first-order chi connectivity index (χ1) is 12.8. The summed E-state index contributed by atoms with van der Waals surface area (Å²) in [5, 5.41) is 0. The molecule has 0 saturated carbocycles. The van der Waals surface area contributed by atoms with Gasteiger partial charge >= 0.3 is 6.03 Å². The van der Waals surface area contributed by atoms with Gasteiger partial charge in [0.1, 0.15) is 0 Å². The van der Waals surface area contributed by atoms with Gasteiger partial charge in [-0.15, -0.1) is 0 Å². The van der Waals surface area contributed by atoms with Crippen molar-refractivity contribution in [3.63, 3.8) is 0 Å². The van der Waals surface area contributed by atoms with E-state index >= 15 is 0 Å². The van der Waals surface area contributed by atoms with Gasteiger partial charge in [-0.3, -0.25) is 4.90 Å². The third-order valence-corrected chi connectivity index (χ3v) is 6.08. The number of rotatable bonds is 4. The Morgan fingerprint density at radius 1 is 0.889 bits per heavy atom. The average molecular weight is 388 g/mol. The third kappa shape index (κ3) is 5.08. The van der Waals surface area contributed by atoms with Crippen LogP contribution in [0, 0.1) is 13.8 Å². The van der Waals surface area contributed by atoms with E-state index in [1.54, 1.807) is 17.0 Å². The van der Waals surface area contributed by atoms with Gasteiger partial charge in [0, 0.05) is 32.7 Å². The van der Waals surface area contributed by atoms with Crippen molar-refractivity contribution in [2.45, 2.75) is 25.3 Å². The lowest BCUT2D eigenvalue weighted by atomic mass is 10.1. The fourth-order valence-corrected chi connectivity index (χ4v) is 3.99. The zero-order valence-corrected chi connectivity index (χ0v) is 16.5. The molecule has 27 heavy (non-hydrogen) atoms. The van der Waals surface area contributed by atoms with Crippen LogP contribution in [0.15, 0.2) is 53.4 Å². The molecule has 1 saturated heterocycles. The molecule has 6 nitrogen and oxygen atoms in total. The number of carbonyl (C=O) groups excluding carboxylic acids is 1. The van der Waals surface area contributed by atoms with Crippen molar-refractivity contribution in [2.24, 2.45) is 0 Å². The molecule has 2 aromatic carbocycles. The molecule has 0 aliphatic carbocycles. The summed E-state index contributed by atoms with van der Waals surface area (Å²) in [5.41, 5.74) is 3.43. The molecule has 1 fully saturated rings. The fourth-order valence-electron chi connectivity index (χ4n) is 3.02. The molecule has 0 bridgehead atoms. The number of nitrogens with zero attached hydrogens (tertiary/aromatic N) is 2. The van der Waals surface area contributed by atoms with Crippen molar-refractivity contribution in [3.8, 4) is 0 Å². The molecule has 0 radical (unpaired) electrons. The predicted molar refractivity (Wildman–Crippen MR) is 105 cm³/mol. The molecule has 0 spiro atoms. The van der Waals surface area contributed by atoms with Crippen molar-refractivity contribution in [2.75, 3.05) is 26.2 Å². The minimum Gasteiger partial charge on any atom is -0.321 e. The Morgan fingerprint density at radius 3 is 1.96 bits per heavy atom.